The molecule has 0 fully saturated rings. The Kier molecular flexibility index (Phi) is 5.67. The fourth-order valence-corrected chi connectivity index (χ4v) is 3.84. The van der Waals surface area contributed by atoms with Crippen molar-refractivity contribution in [2.45, 2.75) is 24.6 Å². The normalized spacial score (nSPS) is 13.7. The van der Waals surface area contributed by atoms with Crippen LogP contribution >= 0.6 is 0 Å². The Bertz CT molecular complexity index is 1260. The summed E-state index contributed by atoms with van der Waals surface area (Å²) in [6, 6.07) is 12.7. The van der Waals surface area contributed by atoms with Gasteiger partial charge in [-0.2, -0.15) is 0 Å². The summed E-state index contributed by atoms with van der Waals surface area (Å²) >= 11 is 0. The Morgan fingerprint density at radius 1 is 1.17 bits per heavy atom. The monoisotopic (exact) mass is 430 g/mol. The number of sulfone groups is 1. The lowest BCUT2D eigenvalue weighted by Crippen LogP contribution is -2.44. The van der Waals surface area contributed by atoms with E-state index in [2.05, 4.69) is 4.98 Å². The highest BCUT2D eigenvalue weighted by atomic mass is 32.2. The third kappa shape index (κ3) is 3.93. The van der Waals surface area contributed by atoms with Crippen LogP contribution in [0.2, 0.25) is 0 Å². The first-order valence-corrected chi connectivity index (χ1v) is 11.0. The van der Waals surface area contributed by atoms with Gasteiger partial charge in [-0.15, -0.1) is 0 Å². The molecular weight excluding hydrogens is 408 g/mol. The Balaban J connectivity index is 1.93. The molecule has 1 unspecified atom stereocenters. The number of aryl methyl sites for hydroxylation is 1. The van der Waals surface area contributed by atoms with E-state index in [1.165, 1.54) is 10.9 Å². The number of aliphatic carboxylic acids is 1. The summed E-state index contributed by atoms with van der Waals surface area (Å²) in [5.41, 5.74) is 1.95. The number of ether oxygens (including phenoxy) is 1. The lowest BCUT2D eigenvalue weighted by Gasteiger charge is -2.22. The van der Waals surface area contributed by atoms with Gasteiger partial charge in [0.2, 0.25) is 0 Å². The van der Waals surface area contributed by atoms with E-state index in [0.29, 0.717) is 10.9 Å². The van der Waals surface area contributed by atoms with E-state index in [0.717, 1.165) is 30.1 Å². The molecule has 158 valence electrons. The van der Waals surface area contributed by atoms with Crippen LogP contribution in [0, 0.1) is 0 Å². The molecular formula is C21H22N2O6S. The average molecular weight is 430 g/mol. The molecule has 0 aliphatic carbocycles. The summed E-state index contributed by atoms with van der Waals surface area (Å²) in [5.74, 6) is -0.709. The molecule has 0 amide bonds. The van der Waals surface area contributed by atoms with Gasteiger partial charge >= 0.3 is 5.97 Å². The zero-order valence-electron chi connectivity index (χ0n) is 16.8. The SMILES string of the molecule is COc1ccc(-c2ccc3c(=O)n(CCC(C)(C(=O)O)S(C)(=O)=O)cnc3c2)cc1. The summed E-state index contributed by atoms with van der Waals surface area (Å²) in [6.45, 7) is 1.06. The molecule has 8 nitrogen and oxygen atoms in total. The third-order valence-electron chi connectivity index (χ3n) is 5.35. The molecule has 0 radical (unpaired) electrons. The molecule has 1 N–H and O–H groups in total. The first-order chi connectivity index (χ1) is 14.1. The lowest BCUT2D eigenvalue weighted by atomic mass is 10.0. The van der Waals surface area contributed by atoms with E-state index in [-0.39, 0.29) is 18.5 Å². The highest BCUT2D eigenvalue weighted by Gasteiger charge is 2.43. The Hall–Kier alpha value is -3.20. The first kappa shape index (κ1) is 21.5. The first-order valence-electron chi connectivity index (χ1n) is 9.13. The number of fused-ring (bicyclic) bond motifs is 1. The second-order valence-electron chi connectivity index (χ2n) is 7.26. The summed E-state index contributed by atoms with van der Waals surface area (Å²) in [5, 5.41) is 9.74. The number of hydrogen-bond donors (Lipinski definition) is 1. The molecule has 0 saturated heterocycles. The molecule has 9 heteroatoms. The zero-order chi connectivity index (χ0) is 22.1. The molecule has 0 spiro atoms. The van der Waals surface area contributed by atoms with E-state index in [9.17, 15) is 23.1 Å². The molecule has 30 heavy (non-hydrogen) atoms. The standard InChI is InChI=1S/C21H22N2O6S/c1-21(20(25)26,30(3,27)28)10-11-23-13-22-18-12-15(6-9-17(18)19(23)24)14-4-7-16(29-2)8-5-14/h4-9,12-13H,10-11H2,1-3H3,(H,25,26). The highest BCUT2D eigenvalue weighted by Crippen LogP contribution is 2.25. The van der Waals surface area contributed by atoms with E-state index in [4.69, 9.17) is 4.74 Å². The van der Waals surface area contributed by atoms with Gasteiger partial charge in [0.05, 0.1) is 24.3 Å². The fourth-order valence-electron chi connectivity index (χ4n) is 3.07. The van der Waals surface area contributed by atoms with Gasteiger partial charge in [0.15, 0.2) is 14.6 Å². The largest absolute Gasteiger partial charge is 0.497 e. The molecule has 0 aliphatic rings. The topological polar surface area (TPSA) is 116 Å². The Morgan fingerprint density at radius 3 is 2.37 bits per heavy atom. The maximum Gasteiger partial charge on any atom is 0.324 e. The number of benzene rings is 2. The van der Waals surface area contributed by atoms with Gasteiger partial charge in [0.25, 0.3) is 5.56 Å². The second kappa shape index (κ2) is 7.91. The van der Waals surface area contributed by atoms with Gasteiger partial charge in [-0.05, 0) is 48.7 Å². The van der Waals surface area contributed by atoms with Crippen molar-refractivity contribution in [2.24, 2.45) is 0 Å². The highest BCUT2D eigenvalue weighted by molar-refractivity contribution is 7.92. The van der Waals surface area contributed by atoms with Crippen molar-refractivity contribution in [1.82, 2.24) is 9.55 Å². The maximum atomic E-state index is 12.8. The van der Waals surface area contributed by atoms with Crippen LogP contribution in [0.1, 0.15) is 13.3 Å². The van der Waals surface area contributed by atoms with Gasteiger partial charge in [0, 0.05) is 12.8 Å². The van der Waals surface area contributed by atoms with Crippen LogP contribution in [-0.4, -0.2) is 47.2 Å². The lowest BCUT2D eigenvalue weighted by molar-refractivity contribution is -0.139. The molecule has 2 aromatic carbocycles. The number of carboxylic acid groups (broad SMARTS) is 1. The zero-order valence-corrected chi connectivity index (χ0v) is 17.6. The summed E-state index contributed by atoms with van der Waals surface area (Å²) in [4.78, 5) is 28.6. The van der Waals surface area contributed by atoms with Crippen LogP contribution in [-0.2, 0) is 21.2 Å². The molecule has 0 aliphatic heterocycles. The number of nitrogens with zero attached hydrogens (tertiary/aromatic N) is 2. The van der Waals surface area contributed by atoms with Crippen molar-refractivity contribution in [2.75, 3.05) is 13.4 Å². The van der Waals surface area contributed by atoms with Crippen LogP contribution in [0.15, 0.2) is 53.6 Å². The number of carboxylic acids is 1. The summed E-state index contributed by atoms with van der Waals surface area (Å²) in [7, 11) is -2.28. The van der Waals surface area contributed by atoms with Crippen LogP contribution < -0.4 is 10.3 Å². The van der Waals surface area contributed by atoms with Crippen LogP contribution in [0.4, 0.5) is 0 Å². The van der Waals surface area contributed by atoms with Crippen molar-refractivity contribution >= 4 is 26.7 Å². The predicted octanol–water partition coefficient (Wildman–Crippen LogP) is 2.35. The van der Waals surface area contributed by atoms with E-state index in [1.807, 2.05) is 24.3 Å². The van der Waals surface area contributed by atoms with Crippen LogP contribution in [0.5, 0.6) is 5.75 Å². The number of carbonyl (C=O) groups is 1. The summed E-state index contributed by atoms with van der Waals surface area (Å²) in [6.07, 6.45) is 1.94. The average Bonchev–Trinajstić information content (AvgIpc) is 2.72. The van der Waals surface area contributed by atoms with E-state index < -0.39 is 20.6 Å². The van der Waals surface area contributed by atoms with Gasteiger partial charge in [-0.3, -0.25) is 14.2 Å². The number of hydrogen-bond acceptors (Lipinski definition) is 6. The number of methoxy groups -OCH3 is 1. The predicted molar refractivity (Wildman–Crippen MR) is 113 cm³/mol. The van der Waals surface area contributed by atoms with Crippen LogP contribution in [0.3, 0.4) is 0 Å². The van der Waals surface area contributed by atoms with Gasteiger partial charge in [-0.25, -0.2) is 13.4 Å². The van der Waals surface area contributed by atoms with Crippen molar-refractivity contribution in [3.8, 4) is 16.9 Å². The van der Waals surface area contributed by atoms with Gasteiger partial charge in [0.1, 0.15) is 5.75 Å². The van der Waals surface area contributed by atoms with Crippen LogP contribution in [0.25, 0.3) is 22.0 Å². The molecule has 3 rings (SSSR count). The third-order valence-corrected chi connectivity index (χ3v) is 7.36. The van der Waals surface area contributed by atoms with E-state index >= 15 is 0 Å². The minimum atomic E-state index is -3.87. The minimum absolute atomic E-state index is 0.0854. The van der Waals surface area contributed by atoms with E-state index in [1.54, 1.807) is 25.3 Å². The van der Waals surface area contributed by atoms with Gasteiger partial charge < -0.3 is 9.84 Å². The van der Waals surface area contributed by atoms with Crippen molar-refractivity contribution < 1.29 is 23.1 Å². The van der Waals surface area contributed by atoms with Crippen molar-refractivity contribution in [1.29, 1.82) is 0 Å². The fraction of sp³-hybridized carbons (Fsp3) is 0.286. The number of rotatable bonds is 7. The smallest absolute Gasteiger partial charge is 0.324 e. The maximum absolute atomic E-state index is 12.8. The Labute approximate surface area is 173 Å². The molecule has 1 atom stereocenters. The molecule has 3 aromatic rings. The molecule has 0 bridgehead atoms. The molecule has 0 saturated carbocycles. The molecule has 1 heterocycles. The number of aromatic nitrogens is 2. The quantitative estimate of drug-likeness (QED) is 0.612. The molecule has 1 aromatic heterocycles. The Morgan fingerprint density at radius 2 is 1.80 bits per heavy atom. The summed E-state index contributed by atoms with van der Waals surface area (Å²) < 4.78 is 28.3. The van der Waals surface area contributed by atoms with Gasteiger partial charge in [-0.1, -0.05) is 18.2 Å². The van der Waals surface area contributed by atoms with Crippen molar-refractivity contribution in [3.05, 3.63) is 59.1 Å². The second-order valence-corrected chi connectivity index (χ2v) is 9.71. The van der Waals surface area contributed by atoms with Crippen molar-refractivity contribution in [3.63, 3.8) is 0 Å². The minimum Gasteiger partial charge on any atom is -0.497 e.